The van der Waals surface area contributed by atoms with Gasteiger partial charge in [-0.3, -0.25) is 4.79 Å². The highest BCUT2D eigenvalue weighted by Gasteiger charge is 2.30. The van der Waals surface area contributed by atoms with Crippen LogP contribution in [0.3, 0.4) is 0 Å². The van der Waals surface area contributed by atoms with E-state index < -0.39 is 0 Å². The van der Waals surface area contributed by atoms with E-state index in [-0.39, 0.29) is 17.6 Å². The molecular weight excluding hydrogens is 423 g/mol. The summed E-state index contributed by atoms with van der Waals surface area (Å²) in [6.45, 7) is 0. The molecule has 0 bridgehead atoms. The summed E-state index contributed by atoms with van der Waals surface area (Å²) in [7, 11) is 0. The van der Waals surface area contributed by atoms with Crippen LogP contribution in [-0.4, -0.2) is 41.4 Å². The number of nitrogens with zero attached hydrogens (tertiary/aromatic N) is 7. The Bertz CT molecular complexity index is 1380. The number of anilines is 1. The minimum atomic E-state index is -0.314. The molecule has 10 heteroatoms. The van der Waals surface area contributed by atoms with Crippen molar-refractivity contribution in [3.63, 3.8) is 0 Å². The van der Waals surface area contributed by atoms with Crippen LogP contribution in [0, 0.1) is 11.7 Å². The molecule has 0 saturated heterocycles. The second-order valence-electron chi connectivity index (χ2n) is 8.14. The topological polar surface area (TPSA) is 103 Å². The Balaban J connectivity index is 1.43. The van der Waals surface area contributed by atoms with Crippen molar-refractivity contribution in [1.82, 2.24) is 29.6 Å². The normalized spacial score (nSPS) is 15.1. The minimum absolute atomic E-state index is 0.00425. The second-order valence-corrected chi connectivity index (χ2v) is 8.14. The number of carbonyl (C=O) groups is 1. The fraction of sp³-hybridized carbons (Fsp3) is 0.217. The summed E-state index contributed by atoms with van der Waals surface area (Å²) in [6.07, 6.45) is 8.32. The zero-order chi connectivity index (χ0) is 22.4. The Morgan fingerprint density at radius 1 is 1.09 bits per heavy atom. The molecule has 3 aromatic heterocycles. The van der Waals surface area contributed by atoms with E-state index in [0.29, 0.717) is 24.4 Å². The van der Waals surface area contributed by atoms with Crippen molar-refractivity contribution in [2.45, 2.75) is 25.7 Å². The first-order valence-electron chi connectivity index (χ1n) is 10.7. The Labute approximate surface area is 188 Å². The number of aryl methyl sites for hydroxylation is 1. The van der Waals surface area contributed by atoms with E-state index in [1.54, 1.807) is 34.0 Å². The van der Waals surface area contributed by atoms with Gasteiger partial charge in [0, 0.05) is 42.3 Å². The Morgan fingerprint density at radius 3 is 2.76 bits per heavy atom. The highest BCUT2D eigenvalue weighted by Crippen LogP contribution is 2.33. The third kappa shape index (κ3) is 3.79. The maximum absolute atomic E-state index is 13.6. The summed E-state index contributed by atoms with van der Waals surface area (Å²) in [5.41, 5.74) is 3.11. The van der Waals surface area contributed by atoms with Crippen LogP contribution in [0.4, 0.5) is 10.2 Å². The second kappa shape index (κ2) is 7.73. The van der Waals surface area contributed by atoms with Crippen molar-refractivity contribution in [2.75, 3.05) is 5.32 Å². The molecule has 9 nitrogen and oxygen atoms in total. The van der Waals surface area contributed by atoms with E-state index in [9.17, 15) is 9.18 Å². The van der Waals surface area contributed by atoms with Crippen molar-refractivity contribution >= 4 is 17.6 Å². The lowest BCUT2D eigenvalue weighted by molar-refractivity contribution is -0.117. The number of hydrogen-bond donors (Lipinski definition) is 1. The molecule has 1 saturated carbocycles. The van der Waals surface area contributed by atoms with Crippen molar-refractivity contribution in [2.24, 2.45) is 11.0 Å². The first-order chi connectivity index (χ1) is 16.1. The summed E-state index contributed by atoms with van der Waals surface area (Å²) < 4.78 is 17.0. The molecule has 4 heterocycles. The van der Waals surface area contributed by atoms with Crippen LogP contribution in [-0.2, 0) is 11.2 Å². The number of rotatable bonds is 4. The number of amides is 1. The van der Waals surface area contributed by atoms with Crippen LogP contribution in [0.1, 0.15) is 25.1 Å². The van der Waals surface area contributed by atoms with Crippen LogP contribution >= 0.6 is 0 Å². The van der Waals surface area contributed by atoms with Gasteiger partial charge in [-0.05, 0) is 54.8 Å². The number of nitrogens with one attached hydrogen (secondary N) is 1. The van der Waals surface area contributed by atoms with E-state index in [4.69, 9.17) is 5.10 Å². The summed E-state index contributed by atoms with van der Waals surface area (Å²) in [4.78, 5) is 16.5. The molecule has 1 N–H and O–H groups in total. The molecule has 0 spiro atoms. The van der Waals surface area contributed by atoms with Crippen LogP contribution < -0.4 is 5.32 Å². The molecule has 0 atom stereocenters. The average molecular weight is 442 g/mol. The molecule has 1 aliphatic carbocycles. The quantitative estimate of drug-likeness (QED) is 0.522. The fourth-order valence-electron chi connectivity index (χ4n) is 3.84. The van der Waals surface area contributed by atoms with Gasteiger partial charge < -0.3 is 5.32 Å². The standard InChI is InChI=1S/C23H19FN8O/c24-17-5-3-14(4-6-17)22-18(16-9-10-25-19(11-16)27-23(33)15-1-2-15)12-31(30-22)21-8-7-20-28-26-13-32(20)29-21/h3-6,9-13,15H,1-2,7-8H2,(H,25,27,33). The van der Waals surface area contributed by atoms with Crippen molar-refractivity contribution in [3.8, 4) is 22.4 Å². The monoisotopic (exact) mass is 442 g/mol. The SMILES string of the molecule is O=C(Nc1cc(-c2cn(C3=Nn4cnnc4CC3)nc2-c2ccc(F)cc2)ccn1)C1CC1. The zero-order valence-electron chi connectivity index (χ0n) is 17.5. The number of carbonyl (C=O) groups excluding carboxylic acids is 1. The lowest BCUT2D eigenvalue weighted by Gasteiger charge is -2.12. The van der Waals surface area contributed by atoms with E-state index in [2.05, 4.69) is 25.6 Å². The highest BCUT2D eigenvalue weighted by molar-refractivity contribution is 5.94. The summed E-state index contributed by atoms with van der Waals surface area (Å²) in [5.74, 6) is 1.80. The van der Waals surface area contributed by atoms with Crippen LogP contribution in [0.25, 0.3) is 22.4 Å². The lowest BCUT2D eigenvalue weighted by atomic mass is 10.0. The van der Waals surface area contributed by atoms with Gasteiger partial charge >= 0.3 is 0 Å². The predicted molar refractivity (Wildman–Crippen MR) is 119 cm³/mol. The number of aromatic nitrogens is 6. The van der Waals surface area contributed by atoms with E-state index in [1.807, 2.05) is 18.3 Å². The van der Waals surface area contributed by atoms with E-state index >= 15 is 0 Å². The summed E-state index contributed by atoms with van der Waals surface area (Å²) in [5, 5.41) is 20.3. The maximum atomic E-state index is 13.6. The molecule has 0 radical (unpaired) electrons. The number of pyridine rings is 1. The Hall–Kier alpha value is -4.21. The number of fused-ring (bicyclic) bond motifs is 1. The van der Waals surface area contributed by atoms with Crippen LogP contribution in [0.2, 0.25) is 0 Å². The predicted octanol–water partition coefficient (Wildman–Crippen LogP) is 3.35. The largest absolute Gasteiger partial charge is 0.310 e. The molecular formula is C23H19FN8O. The molecule has 33 heavy (non-hydrogen) atoms. The summed E-state index contributed by atoms with van der Waals surface area (Å²) in [6, 6.07) is 9.91. The van der Waals surface area contributed by atoms with Crippen molar-refractivity contribution in [3.05, 3.63) is 66.8 Å². The van der Waals surface area contributed by atoms with Gasteiger partial charge in [-0.1, -0.05) is 0 Å². The van der Waals surface area contributed by atoms with Gasteiger partial charge in [0.25, 0.3) is 0 Å². The van der Waals surface area contributed by atoms with Gasteiger partial charge in [0.15, 0.2) is 11.7 Å². The molecule has 6 rings (SSSR count). The highest BCUT2D eigenvalue weighted by atomic mass is 19.1. The van der Waals surface area contributed by atoms with E-state index in [1.165, 1.54) is 12.1 Å². The zero-order valence-corrected chi connectivity index (χ0v) is 17.5. The maximum Gasteiger partial charge on any atom is 0.228 e. The third-order valence-corrected chi connectivity index (χ3v) is 5.76. The molecule has 0 unspecified atom stereocenters. The molecule has 4 aromatic rings. The molecule has 2 aliphatic rings. The van der Waals surface area contributed by atoms with E-state index in [0.717, 1.165) is 41.2 Å². The first-order valence-corrected chi connectivity index (χ1v) is 10.7. The number of hydrogen-bond acceptors (Lipinski definition) is 6. The minimum Gasteiger partial charge on any atom is -0.310 e. The Kier molecular flexibility index (Phi) is 4.56. The van der Waals surface area contributed by atoms with Gasteiger partial charge in [-0.15, -0.1) is 10.2 Å². The van der Waals surface area contributed by atoms with Crippen LogP contribution in [0.5, 0.6) is 0 Å². The summed E-state index contributed by atoms with van der Waals surface area (Å²) >= 11 is 0. The van der Waals surface area contributed by atoms with Crippen LogP contribution in [0.15, 0.2) is 60.2 Å². The van der Waals surface area contributed by atoms with Gasteiger partial charge in [-0.2, -0.15) is 10.2 Å². The smallest absolute Gasteiger partial charge is 0.228 e. The first kappa shape index (κ1) is 19.5. The number of halogens is 1. The Morgan fingerprint density at radius 2 is 1.94 bits per heavy atom. The average Bonchev–Trinajstić information content (AvgIpc) is 3.42. The molecule has 1 aromatic carbocycles. The van der Waals surface area contributed by atoms with Gasteiger partial charge in [0.2, 0.25) is 5.91 Å². The number of benzene rings is 1. The third-order valence-electron chi connectivity index (χ3n) is 5.76. The van der Waals surface area contributed by atoms with Gasteiger partial charge in [0.05, 0.1) is 0 Å². The molecule has 164 valence electrons. The lowest BCUT2D eigenvalue weighted by Crippen LogP contribution is -2.20. The fourth-order valence-corrected chi connectivity index (χ4v) is 3.84. The molecule has 1 fully saturated rings. The molecule has 1 amide bonds. The molecule has 1 aliphatic heterocycles. The van der Waals surface area contributed by atoms with Gasteiger partial charge in [0.1, 0.15) is 23.7 Å². The van der Waals surface area contributed by atoms with Crippen molar-refractivity contribution in [1.29, 1.82) is 0 Å². The van der Waals surface area contributed by atoms with Gasteiger partial charge in [-0.25, -0.2) is 18.7 Å². The van der Waals surface area contributed by atoms with Crippen molar-refractivity contribution < 1.29 is 9.18 Å².